The van der Waals surface area contributed by atoms with E-state index < -0.39 is 4.92 Å². The third-order valence-electron chi connectivity index (χ3n) is 3.38. The molecular weight excluding hydrogens is 294 g/mol. The van der Waals surface area contributed by atoms with Crippen LogP contribution in [0, 0.1) is 10.1 Å². The van der Waals surface area contributed by atoms with E-state index in [1.807, 2.05) is 30.3 Å². The van der Waals surface area contributed by atoms with Gasteiger partial charge in [-0.3, -0.25) is 14.9 Å². The van der Waals surface area contributed by atoms with Crippen molar-refractivity contribution in [1.82, 2.24) is 0 Å². The average molecular weight is 311 g/mol. The normalized spacial score (nSPS) is 11.2. The summed E-state index contributed by atoms with van der Waals surface area (Å²) >= 11 is 0. The fraction of sp³-hybridized carbons (Fsp3) is 0.167. The highest BCUT2D eigenvalue weighted by molar-refractivity contribution is 5.98. The third kappa shape index (κ3) is 5.07. The van der Waals surface area contributed by atoms with Crippen LogP contribution in [-0.4, -0.2) is 22.4 Å². The second kappa shape index (κ2) is 7.89. The predicted molar refractivity (Wildman–Crippen MR) is 88.0 cm³/mol. The number of hydrogen-bond donors (Lipinski definition) is 1. The molecule has 0 aliphatic rings. The predicted octanol–water partition coefficient (Wildman–Crippen LogP) is 3.72. The summed E-state index contributed by atoms with van der Waals surface area (Å²) in [6, 6.07) is 15.6. The first-order chi connectivity index (χ1) is 11.1. The molecule has 0 unspecified atom stereocenters. The number of hydrogen-bond acceptors (Lipinski definition) is 4. The number of phenolic OH excluding ortho intramolecular Hbond substituents is 1. The van der Waals surface area contributed by atoms with Gasteiger partial charge in [-0.2, -0.15) is 0 Å². The Morgan fingerprint density at radius 1 is 1.04 bits per heavy atom. The van der Waals surface area contributed by atoms with Crippen LogP contribution in [0.3, 0.4) is 0 Å². The zero-order valence-electron chi connectivity index (χ0n) is 12.5. The molecule has 0 saturated heterocycles. The molecule has 0 amide bonds. The SMILES string of the molecule is O=C(CC/C(=C\c1ccccc1)C[N+](=O)[O-])c1ccccc1O. The van der Waals surface area contributed by atoms with E-state index >= 15 is 0 Å². The van der Waals surface area contributed by atoms with Crippen molar-refractivity contribution in [3.05, 3.63) is 81.4 Å². The Balaban J connectivity index is 2.10. The van der Waals surface area contributed by atoms with Gasteiger partial charge in [-0.15, -0.1) is 0 Å². The molecule has 118 valence electrons. The van der Waals surface area contributed by atoms with Gasteiger partial charge in [-0.25, -0.2) is 0 Å². The smallest absolute Gasteiger partial charge is 0.225 e. The Morgan fingerprint density at radius 2 is 1.70 bits per heavy atom. The Morgan fingerprint density at radius 3 is 2.35 bits per heavy atom. The van der Waals surface area contributed by atoms with Crippen molar-refractivity contribution in [2.24, 2.45) is 0 Å². The molecule has 23 heavy (non-hydrogen) atoms. The van der Waals surface area contributed by atoms with Crippen LogP contribution >= 0.6 is 0 Å². The van der Waals surface area contributed by atoms with Crippen molar-refractivity contribution >= 4 is 11.9 Å². The number of Topliss-reactive ketones (excluding diaryl/α,β-unsaturated/α-hetero) is 1. The molecular formula is C18H17NO4. The molecule has 0 fully saturated rings. The highest BCUT2D eigenvalue weighted by atomic mass is 16.6. The molecule has 2 rings (SSSR count). The van der Waals surface area contributed by atoms with Gasteiger partial charge >= 0.3 is 0 Å². The van der Waals surface area contributed by atoms with E-state index in [9.17, 15) is 20.0 Å². The molecule has 0 spiro atoms. The molecule has 0 heterocycles. The van der Waals surface area contributed by atoms with E-state index in [2.05, 4.69) is 0 Å². The van der Waals surface area contributed by atoms with Crippen LogP contribution in [0.15, 0.2) is 60.2 Å². The van der Waals surface area contributed by atoms with Crippen molar-refractivity contribution in [2.75, 3.05) is 6.54 Å². The first kappa shape index (κ1) is 16.4. The van der Waals surface area contributed by atoms with Crippen molar-refractivity contribution < 1.29 is 14.8 Å². The van der Waals surface area contributed by atoms with Crippen LogP contribution < -0.4 is 0 Å². The zero-order chi connectivity index (χ0) is 16.7. The van der Waals surface area contributed by atoms with Gasteiger partial charge in [0.1, 0.15) is 5.75 Å². The fourth-order valence-electron chi connectivity index (χ4n) is 2.27. The topological polar surface area (TPSA) is 80.4 Å². The molecule has 5 heteroatoms. The standard InChI is InChI=1S/C18H17NO4/c20-17-9-5-4-8-16(17)18(21)11-10-15(13-19(22)23)12-14-6-2-1-3-7-14/h1-9,12,20H,10-11,13H2/b15-12+. The average Bonchev–Trinajstić information content (AvgIpc) is 2.53. The fourth-order valence-corrected chi connectivity index (χ4v) is 2.27. The van der Waals surface area contributed by atoms with Gasteiger partial charge in [0.05, 0.1) is 5.56 Å². The van der Waals surface area contributed by atoms with Gasteiger partial charge in [0.2, 0.25) is 6.54 Å². The van der Waals surface area contributed by atoms with Gasteiger partial charge in [0.15, 0.2) is 5.78 Å². The Hall–Kier alpha value is -2.95. The number of rotatable bonds is 7. The van der Waals surface area contributed by atoms with Gasteiger partial charge < -0.3 is 5.11 Å². The molecule has 2 aromatic rings. The Kier molecular flexibility index (Phi) is 5.63. The van der Waals surface area contributed by atoms with Crippen molar-refractivity contribution in [3.63, 3.8) is 0 Å². The molecule has 0 aromatic heterocycles. The molecule has 2 aromatic carbocycles. The maximum absolute atomic E-state index is 12.2. The molecule has 0 saturated carbocycles. The van der Waals surface area contributed by atoms with Crippen LogP contribution in [0.5, 0.6) is 5.75 Å². The Bertz CT molecular complexity index is 723. The number of carbonyl (C=O) groups is 1. The first-order valence-corrected chi connectivity index (χ1v) is 7.24. The maximum atomic E-state index is 12.2. The van der Waals surface area contributed by atoms with Gasteiger partial charge in [-0.05, 0) is 30.2 Å². The lowest BCUT2D eigenvalue weighted by Crippen LogP contribution is -2.07. The molecule has 0 bridgehead atoms. The summed E-state index contributed by atoms with van der Waals surface area (Å²) in [5, 5.41) is 20.5. The summed E-state index contributed by atoms with van der Waals surface area (Å²) in [4.78, 5) is 22.6. The summed E-state index contributed by atoms with van der Waals surface area (Å²) in [6.45, 7) is -0.303. The molecule has 0 atom stereocenters. The van der Waals surface area contributed by atoms with Crippen molar-refractivity contribution in [1.29, 1.82) is 0 Å². The van der Waals surface area contributed by atoms with E-state index in [1.165, 1.54) is 6.07 Å². The number of carbonyl (C=O) groups excluding carboxylic acids is 1. The number of para-hydroxylation sites is 1. The minimum atomic E-state index is -0.404. The van der Waals surface area contributed by atoms with Crippen LogP contribution in [0.1, 0.15) is 28.8 Å². The molecule has 1 N–H and O–H groups in total. The minimum Gasteiger partial charge on any atom is -0.507 e. The summed E-state index contributed by atoms with van der Waals surface area (Å²) in [5.74, 6) is -0.300. The van der Waals surface area contributed by atoms with Crippen molar-refractivity contribution in [3.8, 4) is 5.75 Å². The Labute approximate surface area is 134 Å². The monoisotopic (exact) mass is 311 g/mol. The van der Waals surface area contributed by atoms with Crippen LogP contribution in [0.2, 0.25) is 0 Å². The second-order valence-corrected chi connectivity index (χ2v) is 5.14. The summed E-state index contributed by atoms with van der Waals surface area (Å²) in [6.07, 6.45) is 2.13. The highest BCUT2D eigenvalue weighted by Crippen LogP contribution is 2.20. The second-order valence-electron chi connectivity index (χ2n) is 5.14. The van der Waals surface area contributed by atoms with Gasteiger partial charge in [0, 0.05) is 16.9 Å². The van der Waals surface area contributed by atoms with E-state index in [-0.39, 0.29) is 36.5 Å². The maximum Gasteiger partial charge on any atom is 0.225 e. The minimum absolute atomic E-state index is 0.0691. The van der Waals surface area contributed by atoms with E-state index in [0.717, 1.165) is 5.56 Å². The number of nitrogens with zero attached hydrogens (tertiary/aromatic N) is 1. The van der Waals surface area contributed by atoms with Crippen LogP contribution in [0.25, 0.3) is 6.08 Å². The number of benzene rings is 2. The lowest BCUT2D eigenvalue weighted by Gasteiger charge is -2.05. The van der Waals surface area contributed by atoms with Crippen molar-refractivity contribution in [2.45, 2.75) is 12.8 Å². The summed E-state index contributed by atoms with van der Waals surface area (Å²) in [5.41, 5.74) is 1.68. The number of aromatic hydroxyl groups is 1. The molecule has 0 radical (unpaired) electrons. The summed E-state index contributed by atoms with van der Waals surface area (Å²) in [7, 11) is 0. The van der Waals surface area contributed by atoms with Crippen LogP contribution in [0.4, 0.5) is 0 Å². The van der Waals surface area contributed by atoms with E-state index in [4.69, 9.17) is 0 Å². The highest BCUT2D eigenvalue weighted by Gasteiger charge is 2.13. The zero-order valence-corrected chi connectivity index (χ0v) is 12.5. The largest absolute Gasteiger partial charge is 0.507 e. The lowest BCUT2D eigenvalue weighted by molar-refractivity contribution is -0.470. The van der Waals surface area contributed by atoms with Gasteiger partial charge in [0.25, 0.3) is 0 Å². The van der Waals surface area contributed by atoms with E-state index in [1.54, 1.807) is 24.3 Å². The number of ketones is 1. The molecule has 0 aliphatic heterocycles. The van der Waals surface area contributed by atoms with E-state index in [0.29, 0.717) is 5.57 Å². The molecule has 0 aliphatic carbocycles. The van der Waals surface area contributed by atoms with Crippen LogP contribution in [-0.2, 0) is 0 Å². The first-order valence-electron chi connectivity index (χ1n) is 7.24. The molecule has 5 nitrogen and oxygen atoms in total. The lowest BCUT2D eigenvalue weighted by atomic mass is 10.0. The number of phenols is 1. The summed E-state index contributed by atoms with van der Waals surface area (Å²) < 4.78 is 0. The number of nitro groups is 1. The third-order valence-corrected chi connectivity index (χ3v) is 3.38. The quantitative estimate of drug-likeness (QED) is 0.480. The van der Waals surface area contributed by atoms with Gasteiger partial charge in [-0.1, -0.05) is 42.5 Å².